The van der Waals surface area contributed by atoms with E-state index in [4.69, 9.17) is 27.9 Å². The van der Waals surface area contributed by atoms with Gasteiger partial charge in [0.05, 0.1) is 26.7 Å². The zero-order valence-corrected chi connectivity index (χ0v) is 21.5. The molecule has 33 heavy (non-hydrogen) atoms. The summed E-state index contributed by atoms with van der Waals surface area (Å²) in [6.07, 6.45) is 8.05. The molecule has 1 aliphatic rings. The first kappa shape index (κ1) is 22.9. The first-order valence-electron chi connectivity index (χ1n) is 10.4. The predicted octanol–water partition coefficient (Wildman–Crippen LogP) is 6.82. The van der Waals surface area contributed by atoms with E-state index in [2.05, 4.69) is 21.0 Å². The lowest BCUT2D eigenvalue weighted by atomic mass is 10.1. The fourth-order valence-electron chi connectivity index (χ4n) is 4.09. The Morgan fingerprint density at radius 3 is 2.61 bits per heavy atom. The summed E-state index contributed by atoms with van der Waals surface area (Å²) in [6, 6.07) is 8.37. The molecule has 0 N–H and O–H groups in total. The maximum Gasteiger partial charge on any atom is 0.268 e. The van der Waals surface area contributed by atoms with E-state index in [1.165, 1.54) is 3.97 Å². The standard InChI is InChI=1S/C23H20BrCl2N3O3S/c1-14-5-7-16(8-6-14)33(30,31)29-13-17(21-18(24)10-19(25)22(26)23(21)29)15-11-27-28(12-15)20-4-2-3-9-32-20/h5-8,10-13,20H,2-4,9H2,1H3. The van der Waals surface area contributed by atoms with E-state index in [1.54, 1.807) is 47.4 Å². The summed E-state index contributed by atoms with van der Waals surface area (Å²) in [5.41, 5.74) is 2.71. The molecule has 0 spiro atoms. The third kappa shape index (κ3) is 4.02. The first-order valence-corrected chi connectivity index (χ1v) is 13.4. The van der Waals surface area contributed by atoms with E-state index in [-0.39, 0.29) is 21.2 Å². The molecule has 1 aliphatic heterocycles. The molecule has 0 saturated carbocycles. The van der Waals surface area contributed by atoms with Crippen LogP contribution in [0.2, 0.25) is 10.0 Å². The maximum absolute atomic E-state index is 13.6. The van der Waals surface area contributed by atoms with Crippen LogP contribution in [0.15, 0.2) is 58.3 Å². The average Bonchev–Trinajstić information content (AvgIpc) is 3.44. The van der Waals surface area contributed by atoms with Crippen molar-refractivity contribution in [3.05, 3.63) is 69.0 Å². The van der Waals surface area contributed by atoms with Crippen molar-refractivity contribution in [2.24, 2.45) is 0 Å². The van der Waals surface area contributed by atoms with Crippen LogP contribution in [0.25, 0.3) is 22.0 Å². The topological polar surface area (TPSA) is 66.1 Å². The number of fused-ring (bicyclic) bond motifs is 1. The molecule has 1 atom stereocenters. The molecule has 0 amide bonds. The van der Waals surface area contributed by atoms with Crippen LogP contribution < -0.4 is 0 Å². The maximum atomic E-state index is 13.6. The Balaban J connectivity index is 1.72. The molecule has 0 aliphatic carbocycles. The van der Waals surface area contributed by atoms with Crippen LogP contribution >= 0.6 is 39.1 Å². The monoisotopic (exact) mass is 567 g/mol. The van der Waals surface area contributed by atoms with Gasteiger partial charge in [0, 0.05) is 40.0 Å². The smallest absolute Gasteiger partial charge is 0.268 e. The lowest BCUT2D eigenvalue weighted by Gasteiger charge is -2.22. The van der Waals surface area contributed by atoms with E-state index in [0.29, 0.717) is 27.5 Å². The van der Waals surface area contributed by atoms with Crippen molar-refractivity contribution in [2.75, 3.05) is 6.61 Å². The third-order valence-electron chi connectivity index (χ3n) is 5.82. The molecule has 1 fully saturated rings. The quantitative estimate of drug-likeness (QED) is 0.253. The number of nitrogens with zero attached hydrogens (tertiary/aromatic N) is 3. The molecular weight excluding hydrogens is 549 g/mol. The van der Waals surface area contributed by atoms with Crippen molar-refractivity contribution in [1.29, 1.82) is 0 Å². The highest BCUT2D eigenvalue weighted by Crippen LogP contribution is 2.43. The molecule has 5 rings (SSSR count). The van der Waals surface area contributed by atoms with E-state index >= 15 is 0 Å². The molecule has 172 valence electrons. The number of hydrogen-bond acceptors (Lipinski definition) is 4. The number of halogens is 3. The van der Waals surface area contributed by atoms with Crippen LogP contribution in [0.1, 0.15) is 31.1 Å². The summed E-state index contributed by atoms with van der Waals surface area (Å²) in [7, 11) is -3.94. The van der Waals surface area contributed by atoms with Gasteiger partial charge in [-0.2, -0.15) is 5.10 Å². The minimum Gasteiger partial charge on any atom is -0.357 e. The van der Waals surface area contributed by atoms with Gasteiger partial charge in [-0.3, -0.25) is 0 Å². The molecule has 0 bridgehead atoms. The molecule has 2 aromatic carbocycles. The average molecular weight is 569 g/mol. The summed E-state index contributed by atoms with van der Waals surface area (Å²) >= 11 is 16.5. The molecule has 4 aromatic rings. The summed E-state index contributed by atoms with van der Waals surface area (Å²) in [6.45, 7) is 2.61. The summed E-state index contributed by atoms with van der Waals surface area (Å²) in [5.74, 6) is 0. The second kappa shape index (κ2) is 8.74. The van der Waals surface area contributed by atoms with Gasteiger partial charge < -0.3 is 4.74 Å². The Bertz CT molecular complexity index is 1460. The van der Waals surface area contributed by atoms with Gasteiger partial charge in [0.15, 0.2) is 0 Å². The fourth-order valence-corrected chi connectivity index (χ4v) is 6.72. The van der Waals surface area contributed by atoms with E-state index in [1.807, 2.05) is 13.1 Å². The molecule has 2 aromatic heterocycles. The molecule has 1 saturated heterocycles. The van der Waals surface area contributed by atoms with Gasteiger partial charge in [-0.25, -0.2) is 17.1 Å². The van der Waals surface area contributed by atoms with Crippen LogP contribution in [0.4, 0.5) is 0 Å². The van der Waals surface area contributed by atoms with Crippen LogP contribution in [-0.4, -0.2) is 28.8 Å². The molecule has 0 radical (unpaired) electrons. The number of aromatic nitrogens is 3. The highest BCUT2D eigenvalue weighted by molar-refractivity contribution is 9.10. The lowest BCUT2D eigenvalue weighted by Crippen LogP contribution is -2.18. The highest BCUT2D eigenvalue weighted by Gasteiger charge is 2.27. The van der Waals surface area contributed by atoms with Gasteiger partial charge in [0.2, 0.25) is 0 Å². The zero-order chi connectivity index (χ0) is 23.3. The molecular formula is C23H20BrCl2N3O3S. The number of aryl methyl sites for hydroxylation is 1. The van der Waals surface area contributed by atoms with Crippen molar-refractivity contribution in [1.82, 2.24) is 13.8 Å². The van der Waals surface area contributed by atoms with Crippen LogP contribution in [0.3, 0.4) is 0 Å². The zero-order valence-electron chi connectivity index (χ0n) is 17.6. The van der Waals surface area contributed by atoms with Gasteiger partial charge >= 0.3 is 0 Å². The molecule has 10 heteroatoms. The van der Waals surface area contributed by atoms with Crippen molar-refractivity contribution in [3.8, 4) is 11.1 Å². The molecule has 6 nitrogen and oxygen atoms in total. The Kier molecular flexibility index (Phi) is 6.07. The molecule has 1 unspecified atom stereocenters. The van der Waals surface area contributed by atoms with E-state index in [9.17, 15) is 8.42 Å². The summed E-state index contributed by atoms with van der Waals surface area (Å²) in [4.78, 5) is 0.162. The fraction of sp³-hybridized carbons (Fsp3) is 0.261. The second-order valence-electron chi connectivity index (χ2n) is 8.06. The number of benzene rings is 2. The van der Waals surface area contributed by atoms with Crippen molar-refractivity contribution >= 4 is 60.1 Å². The van der Waals surface area contributed by atoms with Crippen LogP contribution in [0.5, 0.6) is 0 Å². The summed E-state index contributed by atoms with van der Waals surface area (Å²) in [5, 5.41) is 5.56. The minimum atomic E-state index is -3.94. The van der Waals surface area contributed by atoms with Crippen LogP contribution in [0, 0.1) is 6.92 Å². The minimum absolute atomic E-state index is 0.126. The van der Waals surface area contributed by atoms with E-state index < -0.39 is 10.0 Å². The Morgan fingerprint density at radius 2 is 1.91 bits per heavy atom. The number of hydrogen-bond donors (Lipinski definition) is 0. The first-order chi connectivity index (χ1) is 15.8. The summed E-state index contributed by atoms with van der Waals surface area (Å²) < 4.78 is 36.7. The SMILES string of the molecule is Cc1ccc(S(=O)(=O)n2cc(-c3cnn(C4CCCCO4)c3)c3c(Br)cc(Cl)c(Cl)c32)cc1. The van der Waals surface area contributed by atoms with Crippen molar-refractivity contribution in [3.63, 3.8) is 0 Å². The van der Waals surface area contributed by atoms with Crippen molar-refractivity contribution < 1.29 is 13.2 Å². The van der Waals surface area contributed by atoms with Crippen molar-refractivity contribution in [2.45, 2.75) is 37.3 Å². The number of rotatable bonds is 4. The normalized spacial score (nSPS) is 17.0. The van der Waals surface area contributed by atoms with Gasteiger partial charge in [-0.15, -0.1) is 0 Å². The number of ether oxygens (including phenoxy) is 1. The van der Waals surface area contributed by atoms with Gasteiger partial charge in [-0.1, -0.05) is 56.8 Å². The Hall–Kier alpha value is -1.84. The Morgan fingerprint density at radius 1 is 1.15 bits per heavy atom. The lowest BCUT2D eigenvalue weighted by molar-refractivity contribution is -0.0394. The second-order valence-corrected chi connectivity index (χ2v) is 11.5. The Labute approximate surface area is 210 Å². The largest absolute Gasteiger partial charge is 0.357 e. The third-order valence-corrected chi connectivity index (χ3v) is 8.90. The van der Waals surface area contributed by atoms with E-state index in [0.717, 1.165) is 30.4 Å². The van der Waals surface area contributed by atoms with Gasteiger partial charge in [0.1, 0.15) is 6.23 Å². The van der Waals surface area contributed by atoms with Crippen LogP contribution in [-0.2, 0) is 14.8 Å². The predicted molar refractivity (Wildman–Crippen MR) is 133 cm³/mol. The van der Waals surface area contributed by atoms with Gasteiger partial charge in [-0.05, 0) is 44.4 Å². The molecule has 3 heterocycles. The van der Waals surface area contributed by atoms with Gasteiger partial charge in [0.25, 0.3) is 10.0 Å². The highest BCUT2D eigenvalue weighted by atomic mass is 79.9.